The molecule has 0 atom stereocenters. The molecule has 0 radical (unpaired) electrons. The molecular weight excluding hydrogens is 522 g/mol. The molecule has 0 amide bonds. The lowest BCUT2D eigenvalue weighted by atomic mass is 9.99. The number of aromatic nitrogens is 3. The van der Waals surface area contributed by atoms with Gasteiger partial charge in [-0.1, -0.05) is 121 Å². The summed E-state index contributed by atoms with van der Waals surface area (Å²) >= 11 is 0. The predicted molar refractivity (Wildman–Crippen MR) is 180 cm³/mol. The highest BCUT2D eigenvalue weighted by molar-refractivity contribution is 6.23. The normalized spacial score (nSPS) is 11.7. The first-order valence-corrected chi connectivity index (χ1v) is 14.6. The molecule has 0 N–H and O–H groups in total. The fraction of sp³-hybridized carbons (Fsp3) is 0. The molecule has 0 fully saturated rings. The first-order chi connectivity index (χ1) is 21.3. The second kappa shape index (κ2) is 9.37. The first kappa shape index (κ1) is 23.9. The molecule has 0 saturated heterocycles. The van der Waals surface area contributed by atoms with Crippen LogP contribution >= 0.6 is 0 Å². The van der Waals surface area contributed by atoms with E-state index in [4.69, 9.17) is 9.97 Å². The third kappa shape index (κ3) is 3.68. The van der Waals surface area contributed by atoms with Crippen LogP contribution in [0.3, 0.4) is 0 Å². The van der Waals surface area contributed by atoms with E-state index in [9.17, 15) is 0 Å². The Balaban J connectivity index is 1.09. The first-order valence-electron chi connectivity index (χ1n) is 14.6. The van der Waals surface area contributed by atoms with Crippen LogP contribution in [0, 0.1) is 0 Å². The molecule has 0 aliphatic rings. The van der Waals surface area contributed by atoms with Crippen LogP contribution in [0.5, 0.6) is 0 Å². The van der Waals surface area contributed by atoms with Gasteiger partial charge in [-0.05, 0) is 46.2 Å². The maximum atomic E-state index is 5.15. The van der Waals surface area contributed by atoms with Crippen molar-refractivity contribution >= 4 is 54.4 Å². The van der Waals surface area contributed by atoms with Gasteiger partial charge in [0.2, 0.25) is 0 Å². The predicted octanol–water partition coefficient (Wildman–Crippen LogP) is 10.4. The van der Waals surface area contributed by atoms with Crippen molar-refractivity contribution in [2.24, 2.45) is 0 Å². The molecule has 2 aromatic heterocycles. The number of nitrogens with zero attached hydrogens (tertiary/aromatic N) is 3. The molecule has 2 heterocycles. The Morgan fingerprint density at radius 1 is 0.372 bits per heavy atom. The second-order valence-electron chi connectivity index (χ2n) is 11.0. The van der Waals surface area contributed by atoms with E-state index in [1.807, 2.05) is 6.20 Å². The molecule has 0 aliphatic carbocycles. The summed E-state index contributed by atoms with van der Waals surface area (Å²) in [7, 11) is 0. The lowest BCUT2D eigenvalue weighted by Gasteiger charge is -2.11. The molecule has 0 aliphatic heterocycles. The van der Waals surface area contributed by atoms with Gasteiger partial charge in [0.15, 0.2) is 0 Å². The van der Waals surface area contributed by atoms with E-state index < -0.39 is 0 Å². The lowest BCUT2D eigenvalue weighted by molar-refractivity contribution is 1.18. The summed E-state index contributed by atoms with van der Waals surface area (Å²) < 4.78 is 2.35. The van der Waals surface area contributed by atoms with Crippen molar-refractivity contribution in [1.29, 1.82) is 0 Å². The molecule has 9 rings (SSSR count). The molecule has 7 aromatic carbocycles. The number of para-hydroxylation sites is 2. The van der Waals surface area contributed by atoms with Crippen LogP contribution in [0.1, 0.15) is 0 Å². The molecule has 3 heteroatoms. The van der Waals surface area contributed by atoms with E-state index in [0.717, 1.165) is 38.8 Å². The molecule has 43 heavy (non-hydrogen) atoms. The number of rotatable bonds is 3. The van der Waals surface area contributed by atoms with E-state index in [0.29, 0.717) is 0 Å². The maximum absolute atomic E-state index is 5.15. The second-order valence-corrected chi connectivity index (χ2v) is 11.0. The van der Waals surface area contributed by atoms with Gasteiger partial charge in [0.1, 0.15) is 0 Å². The number of benzene rings is 7. The van der Waals surface area contributed by atoms with Crippen molar-refractivity contribution in [2.45, 2.75) is 0 Å². The van der Waals surface area contributed by atoms with Gasteiger partial charge in [-0.15, -0.1) is 0 Å². The Kier molecular flexibility index (Phi) is 5.20. The minimum absolute atomic E-state index is 0.876. The van der Waals surface area contributed by atoms with Crippen molar-refractivity contribution in [1.82, 2.24) is 14.5 Å². The van der Waals surface area contributed by atoms with Gasteiger partial charge < -0.3 is 4.57 Å². The van der Waals surface area contributed by atoms with Gasteiger partial charge in [0.05, 0.1) is 34.0 Å². The summed E-state index contributed by atoms with van der Waals surface area (Å²) in [5, 5.41) is 7.23. The van der Waals surface area contributed by atoms with Gasteiger partial charge >= 0.3 is 0 Å². The zero-order valence-corrected chi connectivity index (χ0v) is 23.3. The van der Waals surface area contributed by atoms with Crippen molar-refractivity contribution in [2.75, 3.05) is 0 Å². The minimum atomic E-state index is 0.876. The SMILES string of the molecule is c1ccc2c(c1)c1ccccc1c1nc(-c3ccc(-c4ccc(-n5c6ccccc6c6ccccc65)cc4)cc3)cnc21. The van der Waals surface area contributed by atoms with Crippen molar-refractivity contribution < 1.29 is 0 Å². The molecule has 3 nitrogen and oxygen atoms in total. The lowest BCUT2D eigenvalue weighted by Crippen LogP contribution is -1.93. The summed E-state index contributed by atoms with van der Waals surface area (Å²) in [6, 6.07) is 51.7. The van der Waals surface area contributed by atoms with Crippen LogP contribution < -0.4 is 0 Å². The zero-order chi connectivity index (χ0) is 28.3. The summed E-state index contributed by atoms with van der Waals surface area (Å²) in [6.45, 7) is 0. The van der Waals surface area contributed by atoms with Crippen LogP contribution in [-0.4, -0.2) is 14.5 Å². The minimum Gasteiger partial charge on any atom is -0.309 e. The quantitative estimate of drug-likeness (QED) is 0.206. The third-order valence-corrected chi connectivity index (χ3v) is 8.65. The molecule has 0 spiro atoms. The fourth-order valence-corrected chi connectivity index (χ4v) is 6.60. The molecule has 200 valence electrons. The highest BCUT2D eigenvalue weighted by atomic mass is 15.0. The largest absolute Gasteiger partial charge is 0.309 e. The summed E-state index contributed by atoms with van der Waals surface area (Å²) in [6.07, 6.45) is 1.90. The van der Waals surface area contributed by atoms with Crippen LogP contribution in [0.15, 0.2) is 152 Å². The van der Waals surface area contributed by atoms with Crippen LogP contribution in [0.4, 0.5) is 0 Å². The van der Waals surface area contributed by atoms with Gasteiger partial charge in [-0.2, -0.15) is 0 Å². The van der Waals surface area contributed by atoms with E-state index in [-0.39, 0.29) is 0 Å². The Hall–Kier alpha value is -5.80. The Morgan fingerprint density at radius 3 is 1.40 bits per heavy atom. The average molecular weight is 548 g/mol. The van der Waals surface area contributed by atoms with Gasteiger partial charge in [0.25, 0.3) is 0 Å². The van der Waals surface area contributed by atoms with E-state index in [1.54, 1.807) is 0 Å². The molecule has 0 bridgehead atoms. The van der Waals surface area contributed by atoms with E-state index in [1.165, 1.54) is 43.7 Å². The number of hydrogen-bond donors (Lipinski definition) is 0. The van der Waals surface area contributed by atoms with Gasteiger partial charge in [0, 0.05) is 32.8 Å². The van der Waals surface area contributed by atoms with Crippen LogP contribution in [0.25, 0.3) is 82.5 Å². The van der Waals surface area contributed by atoms with Crippen LogP contribution in [0.2, 0.25) is 0 Å². The van der Waals surface area contributed by atoms with E-state index in [2.05, 4.69) is 150 Å². The molecular formula is C40H25N3. The Morgan fingerprint density at radius 2 is 0.814 bits per heavy atom. The zero-order valence-electron chi connectivity index (χ0n) is 23.3. The molecule has 9 aromatic rings. The molecule has 0 unspecified atom stereocenters. The fourth-order valence-electron chi connectivity index (χ4n) is 6.60. The van der Waals surface area contributed by atoms with Crippen molar-refractivity contribution in [3.05, 3.63) is 152 Å². The summed E-state index contributed by atoms with van der Waals surface area (Å²) in [4.78, 5) is 10.1. The highest BCUT2D eigenvalue weighted by Crippen LogP contribution is 2.35. The van der Waals surface area contributed by atoms with Crippen LogP contribution in [-0.2, 0) is 0 Å². The topological polar surface area (TPSA) is 30.7 Å². The standard InChI is InChI=1S/C40H25N3/c1-3-13-34-30(9-1)31-10-2-4-14-35(31)40-39(34)41-25-36(42-40)28-19-17-26(18-20-28)27-21-23-29(24-22-27)43-37-15-7-5-11-32(37)33-12-6-8-16-38(33)43/h1-25H. The van der Waals surface area contributed by atoms with Gasteiger partial charge in [-0.25, -0.2) is 4.98 Å². The maximum Gasteiger partial charge on any atom is 0.0979 e. The van der Waals surface area contributed by atoms with E-state index >= 15 is 0 Å². The monoisotopic (exact) mass is 547 g/mol. The average Bonchev–Trinajstić information content (AvgIpc) is 3.43. The van der Waals surface area contributed by atoms with Gasteiger partial charge in [-0.3, -0.25) is 4.98 Å². The third-order valence-electron chi connectivity index (χ3n) is 8.65. The Labute approximate surface area is 248 Å². The summed E-state index contributed by atoms with van der Waals surface area (Å²) in [5.74, 6) is 0. The Bertz CT molecular complexity index is 2400. The molecule has 0 saturated carbocycles. The van der Waals surface area contributed by atoms with Crippen molar-refractivity contribution in [3.8, 4) is 28.1 Å². The van der Waals surface area contributed by atoms with Crippen molar-refractivity contribution in [3.63, 3.8) is 0 Å². The number of hydrogen-bond acceptors (Lipinski definition) is 2. The summed E-state index contributed by atoms with van der Waals surface area (Å²) in [5.41, 5.74) is 9.76. The highest BCUT2D eigenvalue weighted by Gasteiger charge is 2.13. The number of fused-ring (bicyclic) bond motifs is 9. The smallest absolute Gasteiger partial charge is 0.0979 e.